The summed E-state index contributed by atoms with van der Waals surface area (Å²) in [6.45, 7) is 4.13. The second-order valence-corrected chi connectivity index (χ2v) is 6.49. The van der Waals surface area contributed by atoms with Crippen LogP contribution >= 0.6 is 11.6 Å². The van der Waals surface area contributed by atoms with E-state index in [2.05, 4.69) is 34.7 Å². The number of aromatic nitrogens is 4. The molecular weight excluding hydrogens is 338 g/mol. The van der Waals surface area contributed by atoms with Crippen molar-refractivity contribution in [1.82, 2.24) is 25.5 Å². The summed E-state index contributed by atoms with van der Waals surface area (Å²) in [6.07, 6.45) is 1.49. The molecule has 1 heterocycles. The van der Waals surface area contributed by atoms with Crippen LogP contribution in [-0.4, -0.2) is 26.1 Å². The van der Waals surface area contributed by atoms with Gasteiger partial charge in [0.1, 0.15) is 6.33 Å². The van der Waals surface area contributed by atoms with Crippen LogP contribution in [0.3, 0.4) is 0 Å². The summed E-state index contributed by atoms with van der Waals surface area (Å²) in [5, 5.41) is 14.8. The predicted octanol–water partition coefficient (Wildman–Crippen LogP) is 3.44. The van der Waals surface area contributed by atoms with Gasteiger partial charge in [0.2, 0.25) is 0 Å². The summed E-state index contributed by atoms with van der Waals surface area (Å²) < 4.78 is 1.51. The van der Waals surface area contributed by atoms with Gasteiger partial charge in [-0.15, -0.1) is 5.10 Å². The predicted molar refractivity (Wildman–Crippen MR) is 95.7 cm³/mol. The molecule has 0 saturated heterocycles. The molecule has 1 atom stereocenters. The van der Waals surface area contributed by atoms with E-state index in [0.717, 1.165) is 11.3 Å². The number of tetrazole rings is 1. The quantitative estimate of drug-likeness (QED) is 0.760. The lowest BCUT2D eigenvalue weighted by molar-refractivity contribution is 0.0925. The fourth-order valence-electron chi connectivity index (χ4n) is 2.60. The van der Waals surface area contributed by atoms with Crippen molar-refractivity contribution >= 4 is 17.5 Å². The zero-order chi connectivity index (χ0) is 17.8. The van der Waals surface area contributed by atoms with Crippen LogP contribution < -0.4 is 5.32 Å². The van der Waals surface area contributed by atoms with Gasteiger partial charge in [0.15, 0.2) is 0 Å². The van der Waals surface area contributed by atoms with Crippen molar-refractivity contribution in [3.63, 3.8) is 0 Å². The van der Waals surface area contributed by atoms with E-state index in [1.807, 2.05) is 30.3 Å². The number of carbonyl (C=O) groups is 1. The molecule has 0 bridgehead atoms. The van der Waals surface area contributed by atoms with Gasteiger partial charge in [-0.1, -0.05) is 43.6 Å². The highest BCUT2D eigenvalue weighted by Crippen LogP contribution is 2.24. The van der Waals surface area contributed by atoms with Crippen molar-refractivity contribution < 1.29 is 4.79 Å². The number of hydrogen-bond donors (Lipinski definition) is 1. The van der Waals surface area contributed by atoms with Crippen molar-refractivity contribution in [2.24, 2.45) is 5.92 Å². The molecule has 1 unspecified atom stereocenters. The molecule has 0 aliphatic rings. The Labute approximate surface area is 150 Å². The van der Waals surface area contributed by atoms with Crippen LogP contribution in [0, 0.1) is 5.92 Å². The summed E-state index contributed by atoms with van der Waals surface area (Å²) in [7, 11) is 0. The minimum Gasteiger partial charge on any atom is -0.345 e. The average molecular weight is 356 g/mol. The molecule has 3 rings (SSSR count). The number of benzene rings is 2. The highest BCUT2D eigenvalue weighted by molar-refractivity contribution is 6.30. The molecule has 0 radical (unpaired) electrons. The first kappa shape index (κ1) is 17.1. The highest BCUT2D eigenvalue weighted by Gasteiger charge is 2.19. The molecule has 1 aromatic heterocycles. The van der Waals surface area contributed by atoms with Crippen LogP contribution in [0.5, 0.6) is 0 Å². The van der Waals surface area contributed by atoms with Gasteiger partial charge in [-0.05, 0) is 52.2 Å². The Balaban J connectivity index is 1.82. The Morgan fingerprint density at radius 1 is 1.16 bits per heavy atom. The maximum absolute atomic E-state index is 12.7. The molecule has 6 nitrogen and oxygen atoms in total. The topological polar surface area (TPSA) is 72.7 Å². The van der Waals surface area contributed by atoms with Crippen LogP contribution in [0.25, 0.3) is 5.69 Å². The fourth-order valence-corrected chi connectivity index (χ4v) is 2.72. The van der Waals surface area contributed by atoms with Crippen molar-refractivity contribution in [2.45, 2.75) is 19.9 Å². The van der Waals surface area contributed by atoms with Gasteiger partial charge < -0.3 is 5.32 Å². The molecular formula is C18H18ClN5O. The van der Waals surface area contributed by atoms with E-state index in [1.165, 1.54) is 11.0 Å². The van der Waals surface area contributed by atoms with Gasteiger partial charge >= 0.3 is 0 Å². The van der Waals surface area contributed by atoms with Crippen LogP contribution in [0.1, 0.15) is 35.8 Å². The second kappa shape index (κ2) is 7.44. The van der Waals surface area contributed by atoms with Gasteiger partial charge in [0.05, 0.1) is 11.7 Å². The van der Waals surface area contributed by atoms with E-state index in [-0.39, 0.29) is 17.9 Å². The largest absolute Gasteiger partial charge is 0.345 e. The SMILES string of the molecule is CC(C)C(NC(=O)c1cccc(-n2cnnn2)c1)c1ccc(Cl)cc1. The third kappa shape index (κ3) is 4.03. The summed E-state index contributed by atoms with van der Waals surface area (Å²) in [6, 6.07) is 14.6. The second-order valence-electron chi connectivity index (χ2n) is 6.05. The van der Waals surface area contributed by atoms with Gasteiger partial charge in [-0.3, -0.25) is 4.79 Å². The Kier molecular flexibility index (Phi) is 5.09. The minimum atomic E-state index is -0.149. The molecule has 25 heavy (non-hydrogen) atoms. The Hall–Kier alpha value is -2.73. The van der Waals surface area contributed by atoms with E-state index < -0.39 is 0 Å². The van der Waals surface area contributed by atoms with Crippen LogP contribution in [0.2, 0.25) is 5.02 Å². The Bertz CT molecular complexity index is 846. The third-order valence-electron chi connectivity index (χ3n) is 3.90. The van der Waals surface area contributed by atoms with Crippen LogP contribution in [0.4, 0.5) is 0 Å². The van der Waals surface area contributed by atoms with E-state index in [1.54, 1.807) is 18.2 Å². The maximum atomic E-state index is 12.7. The first-order valence-corrected chi connectivity index (χ1v) is 8.32. The van der Waals surface area contributed by atoms with Crippen molar-refractivity contribution in [3.8, 4) is 5.69 Å². The lowest BCUT2D eigenvalue weighted by Gasteiger charge is -2.23. The monoisotopic (exact) mass is 355 g/mol. The fraction of sp³-hybridized carbons (Fsp3) is 0.222. The lowest BCUT2D eigenvalue weighted by atomic mass is 9.95. The number of carbonyl (C=O) groups excluding carboxylic acids is 1. The summed E-state index contributed by atoms with van der Waals surface area (Å²) in [5.74, 6) is 0.0800. The normalized spacial score (nSPS) is 12.2. The molecule has 1 amide bonds. The number of halogens is 1. The Morgan fingerprint density at radius 2 is 1.92 bits per heavy atom. The molecule has 3 aromatic rings. The average Bonchev–Trinajstić information content (AvgIpc) is 3.15. The van der Waals surface area contributed by atoms with E-state index in [4.69, 9.17) is 11.6 Å². The molecule has 0 aliphatic carbocycles. The standard InChI is InChI=1S/C18H18ClN5O/c1-12(2)17(13-6-8-15(19)9-7-13)21-18(25)14-4-3-5-16(10-14)24-11-20-22-23-24/h3-12,17H,1-2H3,(H,21,25). The maximum Gasteiger partial charge on any atom is 0.251 e. The molecule has 7 heteroatoms. The number of nitrogens with one attached hydrogen (secondary N) is 1. The molecule has 0 saturated carbocycles. The smallest absolute Gasteiger partial charge is 0.251 e. The summed E-state index contributed by atoms with van der Waals surface area (Å²) in [5.41, 5.74) is 2.29. The molecule has 0 aliphatic heterocycles. The van der Waals surface area contributed by atoms with Crippen LogP contribution in [-0.2, 0) is 0 Å². The molecule has 1 N–H and O–H groups in total. The first-order valence-electron chi connectivity index (χ1n) is 7.94. The number of amides is 1. The highest BCUT2D eigenvalue weighted by atomic mass is 35.5. The number of nitrogens with zero attached hydrogens (tertiary/aromatic N) is 4. The number of rotatable bonds is 5. The van der Waals surface area contributed by atoms with E-state index in [0.29, 0.717) is 10.6 Å². The molecule has 128 valence electrons. The van der Waals surface area contributed by atoms with Crippen molar-refractivity contribution in [2.75, 3.05) is 0 Å². The van der Waals surface area contributed by atoms with Crippen molar-refractivity contribution in [1.29, 1.82) is 0 Å². The first-order chi connectivity index (χ1) is 12.0. The number of hydrogen-bond acceptors (Lipinski definition) is 4. The van der Waals surface area contributed by atoms with Gasteiger partial charge in [-0.2, -0.15) is 0 Å². The zero-order valence-electron chi connectivity index (χ0n) is 13.9. The minimum absolute atomic E-state index is 0.110. The van der Waals surface area contributed by atoms with E-state index >= 15 is 0 Å². The van der Waals surface area contributed by atoms with Gasteiger partial charge in [0, 0.05) is 10.6 Å². The van der Waals surface area contributed by atoms with Gasteiger partial charge in [0.25, 0.3) is 5.91 Å². The Morgan fingerprint density at radius 3 is 2.56 bits per heavy atom. The molecule has 0 spiro atoms. The van der Waals surface area contributed by atoms with Crippen molar-refractivity contribution in [3.05, 3.63) is 71.0 Å². The van der Waals surface area contributed by atoms with Crippen LogP contribution in [0.15, 0.2) is 54.9 Å². The zero-order valence-corrected chi connectivity index (χ0v) is 14.7. The lowest BCUT2D eigenvalue weighted by Crippen LogP contribution is -2.31. The summed E-state index contributed by atoms with van der Waals surface area (Å²) >= 11 is 5.96. The molecule has 0 fully saturated rings. The third-order valence-corrected chi connectivity index (χ3v) is 4.16. The molecule has 2 aromatic carbocycles. The van der Waals surface area contributed by atoms with E-state index in [9.17, 15) is 4.79 Å². The summed E-state index contributed by atoms with van der Waals surface area (Å²) in [4.78, 5) is 12.7. The van der Waals surface area contributed by atoms with Gasteiger partial charge in [-0.25, -0.2) is 4.68 Å².